The molecule has 26 heavy (non-hydrogen) atoms. The third-order valence-corrected chi connectivity index (χ3v) is 6.54. The van der Waals surface area contributed by atoms with Crippen LogP contribution in [0.1, 0.15) is 41.6 Å². The lowest BCUT2D eigenvalue weighted by molar-refractivity contribution is 0.0160. The SMILES string of the molecule is Cc1ncsc1CN1Cc2cccn2[C@H](CCOCC2CCOCC2)C1. The Hall–Kier alpha value is -1.21. The first-order chi connectivity index (χ1) is 12.8. The summed E-state index contributed by atoms with van der Waals surface area (Å²) in [7, 11) is 0. The summed E-state index contributed by atoms with van der Waals surface area (Å²) in [4.78, 5) is 8.34. The van der Waals surface area contributed by atoms with Gasteiger partial charge < -0.3 is 14.0 Å². The zero-order chi connectivity index (χ0) is 17.8. The second kappa shape index (κ2) is 8.65. The second-order valence-corrected chi connectivity index (χ2v) is 8.45. The highest BCUT2D eigenvalue weighted by atomic mass is 32.1. The molecule has 2 aliphatic rings. The number of hydrogen-bond acceptors (Lipinski definition) is 5. The van der Waals surface area contributed by atoms with Gasteiger partial charge in [-0.2, -0.15) is 0 Å². The van der Waals surface area contributed by atoms with E-state index in [0.717, 1.165) is 65.3 Å². The molecule has 1 saturated heterocycles. The molecule has 0 N–H and O–H groups in total. The predicted molar refractivity (Wildman–Crippen MR) is 103 cm³/mol. The quantitative estimate of drug-likeness (QED) is 0.693. The van der Waals surface area contributed by atoms with E-state index >= 15 is 0 Å². The minimum atomic E-state index is 0.497. The smallest absolute Gasteiger partial charge is 0.0798 e. The molecule has 0 unspecified atom stereocenters. The van der Waals surface area contributed by atoms with Gasteiger partial charge in [0, 0.05) is 68.9 Å². The van der Waals surface area contributed by atoms with Gasteiger partial charge in [0.1, 0.15) is 0 Å². The number of hydrogen-bond donors (Lipinski definition) is 0. The summed E-state index contributed by atoms with van der Waals surface area (Å²) in [5.41, 5.74) is 4.54. The van der Waals surface area contributed by atoms with Gasteiger partial charge in [0.2, 0.25) is 0 Å². The molecule has 0 spiro atoms. The van der Waals surface area contributed by atoms with Crippen LogP contribution in [0.2, 0.25) is 0 Å². The monoisotopic (exact) mass is 375 g/mol. The number of nitrogens with zero attached hydrogens (tertiary/aromatic N) is 3. The molecule has 0 bridgehead atoms. The van der Waals surface area contributed by atoms with Gasteiger partial charge in [-0.05, 0) is 44.2 Å². The molecular weight excluding hydrogens is 346 g/mol. The van der Waals surface area contributed by atoms with Crippen LogP contribution < -0.4 is 0 Å². The van der Waals surface area contributed by atoms with Gasteiger partial charge in [0.25, 0.3) is 0 Å². The number of aromatic nitrogens is 2. The van der Waals surface area contributed by atoms with Crippen molar-refractivity contribution < 1.29 is 9.47 Å². The van der Waals surface area contributed by atoms with Crippen LogP contribution in [-0.4, -0.2) is 47.4 Å². The number of thiazole rings is 1. The van der Waals surface area contributed by atoms with E-state index in [1.165, 1.54) is 16.3 Å². The molecular formula is C20H29N3O2S. The summed E-state index contributed by atoms with van der Waals surface area (Å²) < 4.78 is 13.9. The van der Waals surface area contributed by atoms with Gasteiger partial charge in [-0.15, -0.1) is 11.3 Å². The fraction of sp³-hybridized carbons (Fsp3) is 0.650. The van der Waals surface area contributed by atoms with Crippen LogP contribution in [0.4, 0.5) is 0 Å². The average molecular weight is 376 g/mol. The maximum Gasteiger partial charge on any atom is 0.0798 e. The Labute approximate surface area is 159 Å². The van der Waals surface area contributed by atoms with E-state index in [1.807, 2.05) is 5.51 Å². The highest BCUT2D eigenvalue weighted by Gasteiger charge is 2.25. The molecule has 0 aromatic carbocycles. The molecule has 5 nitrogen and oxygen atoms in total. The Balaban J connectivity index is 1.30. The van der Waals surface area contributed by atoms with Crippen molar-refractivity contribution in [3.05, 3.63) is 40.1 Å². The first-order valence-corrected chi connectivity index (χ1v) is 10.6. The van der Waals surface area contributed by atoms with E-state index in [1.54, 1.807) is 11.3 Å². The summed E-state index contributed by atoms with van der Waals surface area (Å²) in [5, 5.41) is 0. The normalized spacial score (nSPS) is 21.8. The average Bonchev–Trinajstić information content (AvgIpc) is 3.29. The third-order valence-electron chi connectivity index (χ3n) is 5.62. The molecule has 4 heterocycles. The van der Waals surface area contributed by atoms with Crippen molar-refractivity contribution in [1.29, 1.82) is 0 Å². The van der Waals surface area contributed by atoms with Crippen molar-refractivity contribution in [3.63, 3.8) is 0 Å². The zero-order valence-electron chi connectivity index (χ0n) is 15.6. The fourth-order valence-corrected chi connectivity index (χ4v) is 4.83. The van der Waals surface area contributed by atoms with E-state index in [2.05, 4.69) is 39.7 Å². The van der Waals surface area contributed by atoms with Crippen molar-refractivity contribution in [3.8, 4) is 0 Å². The summed E-state index contributed by atoms with van der Waals surface area (Å²) in [5.74, 6) is 0.683. The second-order valence-electron chi connectivity index (χ2n) is 7.51. The van der Waals surface area contributed by atoms with E-state index in [4.69, 9.17) is 9.47 Å². The van der Waals surface area contributed by atoms with Gasteiger partial charge in [-0.1, -0.05) is 0 Å². The van der Waals surface area contributed by atoms with Crippen LogP contribution in [0.25, 0.3) is 0 Å². The van der Waals surface area contributed by atoms with Crippen molar-refractivity contribution >= 4 is 11.3 Å². The highest BCUT2D eigenvalue weighted by molar-refractivity contribution is 7.09. The van der Waals surface area contributed by atoms with Crippen LogP contribution in [0.3, 0.4) is 0 Å². The molecule has 1 fully saturated rings. The molecule has 0 radical (unpaired) electrons. The lowest BCUT2D eigenvalue weighted by Crippen LogP contribution is -2.37. The fourth-order valence-electron chi connectivity index (χ4n) is 4.01. The minimum absolute atomic E-state index is 0.497. The lowest BCUT2D eigenvalue weighted by atomic mass is 10.0. The first kappa shape index (κ1) is 18.2. The molecule has 0 amide bonds. The third kappa shape index (κ3) is 4.36. The Bertz CT molecular complexity index is 693. The van der Waals surface area contributed by atoms with Crippen LogP contribution in [0, 0.1) is 12.8 Å². The van der Waals surface area contributed by atoms with Gasteiger partial charge in [0.05, 0.1) is 11.2 Å². The van der Waals surface area contributed by atoms with Crippen molar-refractivity contribution in [2.45, 2.75) is 45.3 Å². The molecule has 2 aromatic heterocycles. The van der Waals surface area contributed by atoms with Crippen LogP contribution in [-0.2, 0) is 22.6 Å². The standard InChI is InChI=1S/C20H29N3O2S/c1-16-20(26-15-21-16)13-22-11-18-3-2-7-23(18)19(12-22)6-10-25-14-17-4-8-24-9-5-17/h2-3,7,15,17,19H,4-6,8-14H2,1H3/t19-/m1/s1. The maximum absolute atomic E-state index is 6.03. The molecule has 2 aliphatic heterocycles. The zero-order valence-corrected chi connectivity index (χ0v) is 16.4. The summed E-state index contributed by atoms with van der Waals surface area (Å²) in [6, 6.07) is 4.92. The van der Waals surface area contributed by atoms with Crippen molar-refractivity contribution in [1.82, 2.24) is 14.5 Å². The molecule has 142 valence electrons. The predicted octanol–water partition coefficient (Wildman–Crippen LogP) is 3.64. The Morgan fingerprint density at radius 2 is 2.23 bits per heavy atom. The maximum atomic E-state index is 6.03. The van der Waals surface area contributed by atoms with Crippen LogP contribution >= 0.6 is 11.3 Å². The van der Waals surface area contributed by atoms with Crippen molar-refractivity contribution in [2.24, 2.45) is 5.92 Å². The number of rotatable bonds is 7. The largest absolute Gasteiger partial charge is 0.381 e. The summed E-state index contributed by atoms with van der Waals surface area (Å²) in [6.07, 6.45) is 5.59. The van der Waals surface area contributed by atoms with Crippen LogP contribution in [0.15, 0.2) is 23.8 Å². The molecule has 0 saturated carbocycles. The Morgan fingerprint density at radius 1 is 1.35 bits per heavy atom. The molecule has 4 rings (SSSR count). The summed E-state index contributed by atoms with van der Waals surface area (Å²) in [6.45, 7) is 8.74. The first-order valence-electron chi connectivity index (χ1n) is 9.72. The molecule has 1 atom stereocenters. The minimum Gasteiger partial charge on any atom is -0.381 e. The number of ether oxygens (including phenoxy) is 2. The highest BCUT2D eigenvalue weighted by Crippen LogP contribution is 2.27. The van der Waals surface area contributed by atoms with E-state index in [-0.39, 0.29) is 0 Å². The number of aryl methyl sites for hydroxylation is 1. The Kier molecular flexibility index (Phi) is 6.05. The lowest BCUT2D eigenvalue weighted by Gasteiger charge is -2.35. The summed E-state index contributed by atoms with van der Waals surface area (Å²) >= 11 is 1.77. The van der Waals surface area contributed by atoms with Gasteiger partial charge in [-0.3, -0.25) is 4.90 Å². The van der Waals surface area contributed by atoms with E-state index in [9.17, 15) is 0 Å². The van der Waals surface area contributed by atoms with Gasteiger partial charge >= 0.3 is 0 Å². The molecule has 2 aromatic rings. The van der Waals surface area contributed by atoms with Crippen LogP contribution in [0.5, 0.6) is 0 Å². The van der Waals surface area contributed by atoms with Crippen molar-refractivity contribution in [2.75, 3.05) is 33.0 Å². The van der Waals surface area contributed by atoms with Gasteiger partial charge in [-0.25, -0.2) is 4.98 Å². The number of fused-ring (bicyclic) bond motifs is 1. The molecule has 0 aliphatic carbocycles. The van der Waals surface area contributed by atoms with E-state index in [0.29, 0.717) is 12.0 Å². The van der Waals surface area contributed by atoms with E-state index < -0.39 is 0 Å². The topological polar surface area (TPSA) is 39.5 Å². The molecule has 6 heteroatoms. The Morgan fingerprint density at radius 3 is 3.04 bits per heavy atom. The van der Waals surface area contributed by atoms with Gasteiger partial charge in [0.15, 0.2) is 0 Å².